The van der Waals surface area contributed by atoms with Gasteiger partial charge in [-0.3, -0.25) is 0 Å². The minimum Gasteiger partial charge on any atom is -0.204 e. The molecule has 1 aliphatic carbocycles. The van der Waals surface area contributed by atoms with E-state index in [2.05, 4.69) is 19.1 Å². The molecule has 0 N–H and O–H groups in total. The Morgan fingerprint density at radius 2 is 1.33 bits per heavy atom. The second kappa shape index (κ2) is 9.72. The SMILES string of the molecule is CCC[Si@H]1CC[C@H]([C@H]2CC[C@H](c3ccc(-c4cc(F)c(F)c(F)c4)cc3)CC2)CC1. The molecular weight excluding hydrogens is 397 g/mol. The Labute approximate surface area is 180 Å². The third kappa shape index (κ3) is 4.85. The summed E-state index contributed by atoms with van der Waals surface area (Å²) in [5.41, 5.74) is 2.42. The molecule has 0 radical (unpaired) electrons. The van der Waals surface area contributed by atoms with E-state index in [0.29, 0.717) is 11.5 Å². The average Bonchev–Trinajstić information content (AvgIpc) is 2.78. The lowest BCUT2D eigenvalue weighted by Gasteiger charge is -2.37. The van der Waals surface area contributed by atoms with Crippen molar-refractivity contribution in [1.29, 1.82) is 0 Å². The Hall–Kier alpha value is -1.55. The molecular formula is C26H33F3Si. The molecule has 2 fully saturated rings. The van der Waals surface area contributed by atoms with Crippen LogP contribution in [0.1, 0.15) is 63.4 Å². The van der Waals surface area contributed by atoms with Crippen molar-refractivity contribution >= 4 is 8.80 Å². The van der Waals surface area contributed by atoms with Gasteiger partial charge in [-0.15, -0.1) is 0 Å². The molecule has 1 saturated carbocycles. The fourth-order valence-corrected chi connectivity index (χ4v) is 9.43. The van der Waals surface area contributed by atoms with Gasteiger partial charge in [-0.1, -0.05) is 68.6 Å². The molecule has 0 atom stereocenters. The van der Waals surface area contributed by atoms with Crippen molar-refractivity contribution in [1.82, 2.24) is 0 Å². The topological polar surface area (TPSA) is 0 Å². The lowest BCUT2D eigenvalue weighted by atomic mass is 9.72. The van der Waals surface area contributed by atoms with Gasteiger partial charge in [-0.2, -0.15) is 0 Å². The Bertz CT molecular complexity index is 809. The summed E-state index contributed by atoms with van der Waals surface area (Å²) in [5, 5.41) is 0. The van der Waals surface area contributed by atoms with E-state index in [1.54, 1.807) is 18.1 Å². The number of benzene rings is 2. The molecule has 2 aromatic rings. The molecule has 0 nitrogen and oxygen atoms in total. The molecule has 2 aromatic carbocycles. The monoisotopic (exact) mass is 430 g/mol. The fraction of sp³-hybridized carbons (Fsp3) is 0.538. The lowest BCUT2D eigenvalue weighted by molar-refractivity contribution is 0.216. The van der Waals surface area contributed by atoms with Crippen LogP contribution in [0.15, 0.2) is 36.4 Å². The summed E-state index contributed by atoms with van der Waals surface area (Å²) >= 11 is 0. The van der Waals surface area contributed by atoms with Gasteiger partial charge in [0, 0.05) is 8.80 Å². The predicted octanol–water partition coefficient (Wildman–Crippen LogP) is 8.09. The molecule has 2 aliphatic rings. The average molecular weight is 431 g/mol. The zero-order chi connectivity index (χ0) is 21.1. The summed E-state index contributed by atoms with van der Waals surface area (Å²) in [6, 6.07) is 14.8. The molecule has 4 rings (SSSR count). The van der Waals surface area contributed by atoms with Crippen molar-refractivity contribution in [2.24, 2.45) is 11.8 Å². The summed E-state index contributed by atoms with van der Waals surface area (Å²) in [6.45, 7) is 2.34. The Balaban J connectivity index is 1.33. The normalized spacial score (nSPS) is 27.2. The van der Waals surface area contributed by atoms with Crippen molar-refractivity contribution in [3.8, 4) is 11.1 Å². The van der Waals surface area contributed by atoms with Crippen LogP contribution in [0.3, 0.4) is 0 Å². The molecule has 0 unspecified atom stereocenters. The van der Waals surface area contributed by atoms with Gasteiger partial charge in [0.2, 0.25) is 0 Å². The molecule has 0 spiro atoms. The second-order valence-electron chi connectivity index (χ2n) is 9.56. The third-order valence-corrected chi connectivity index (χ3v) is 11.4. The Morgan fingerprint density at radius 3 is 1.90 bits per heavy atom. The summed E-state index contributed by atoms with van der Waals surface area (Å²) in [7, 11) is -0.389. The highest BCUT2D eigenvalue weighted by molar-refractivity contribution is 6.58. The standard InChI is InChI=1S/C26H33F3Si/c1-2-13-30-14-11-22(12-15-30)20-5-3-18(4-6-20)19-7-9-21(10-8-19)23-16-24(27)26(29)25(28)17-23/h7-10,16-18,20,22,30H,2-6,11-15H2,1H3/t18-,20-,22-,30-. The fourth-order valence-electron chi connectivity index (χ4n) is 5.95. The van der Waals surface area contributed by atoms with Crippen LogP contribution in [-0.4, -0.2) is 8.80 Å². The molecule has 162 valence electrons. The van der Waals surface area contributed by atoms with Crippen LogP contribution in [0.5, 0.6) is 0 Å². The highest BCUT2D eigenvalue weighted by Crippen LogP contribution is 2.43. The van der Waals surface area contributed by atoms with E-state index >= 15 is 0 Å². The zero-order valence-electron chi connectivity index (χ0n) is 18.0. The number of hydrogen-bond acceptors (Lipinski definition) is 0. The van der Waals surface area contributed by atoms with Crippen molar-refractivity contribution in [3.63, 3.8) is 0 Å². The highest BCUT2D eigenvalue weighted by atomic mass is 28.3. The van der Waals surface area contributed by atoms with Crippen molar-refractivity contribution in [2.45, 2.75) is 75.9 Å². The minimum absolute atomic E-state index is 0.379. The van der Waals surface area contributed by atoms with Gasteiger partial charge < -0.3 is 0 Å². The summed E-state index contributed by atoms with van der Waals surface area (Å²) in [4.78, 5) is 0. The van der Waals surface area contributed by atoms with E-state index in [-0.39, 0.29) is 8.80 Å². The van der Waals surface area contributed by atoms with Gasteiger partial charge in [0.15, 0.2) is 17.5 Å². The first-order valence-electron chi connectivity index (χ1n) is 11.8. The van der Waals surface area contributed by atoms with Gasteiger partial charge in [0.1, 0.15) is 0 Å². The van der Waals surface area contributed by atoms with Gasteiger partial charge in [0.25, 0.3) is 0 Å². The largest absolute Gasteiger partial charge is 0.204 e. The van der Waals surface area contributed by atoms with Crippen LogP contribution in [0.2, 0.25) is 18.1 Å². The Kier molecular flexibility index (Phi) is 7.02. The van der Waals surface area contributed by atoms with Crippen LogP contribution in [0, 0.1) is 29.3 Å². The molecule has 0 amide bonds. The van der Waals surface area contributed by atoms with E-state index in [0.717, 1.165) is 29.5 Å². The van der Waals surface area contributed by atoms with Crippen molar-refractivity contribution in [3.05, 3.63) is 59.4 Å². The minimum atomic E-state index is -1.41. The number of halogens is 3. The third-order valence-electron chi connectivity index (χ3n) is 7.73. The molecule has 1 aliphatic heterocycles. The van der Waals surface area contributed by atoms with E-state index in [1.807, 2.05) is 12.1 Å². The summed E-state index contributed by atoms with van der Waals surface area (Å²) < 4.78 is 40.3. The first-order valence-corrected chi connectivity index (χ1v) is 14.2. The van der Waals surface area contributed by atoms with Crippen LogP contribution in [-0.2, 0) is 0 Å². The van der Waals surface area contributed by atoms with Gasteiger partial charge in [-0.05, 0) is 72.3 Å². The smallest absolute Gasteiger partial charge is 0.194 e. The summed E-state index contributed by atoms with van der Waals surface area (Å²) in [5.74, 6) is -1.21. The maximum atomic E-state index is 13.5. The predicted molar refractivity (Wildman–Crippen MR) is 121 cm³/mol. The first kappa shape index (κ1) is 21.7. The number of hydrogen-bond donors (Lipinski definition) is 0. The molecule has 1 heterocycles. The first-order chi connectivity index (χ1) is 14.5. The van der Waals surface area contributed by atoms with Crippen LogP contribution >= 0.6 is 0 Å². The van der Waals surface area contributed by atoms with Crippen molar-refractivity contribution < 1.29 is 13.2 Å². The molecule has 4 heteroatoms. The van der Waals surface area contributed by atoms with Gasteiger partial charge in [-0.25, -0.2) is 13.2 Å². The van der Waals surface area contributed by atoms with Crippen LogP contribution in [0.25, 0.3) is 11.1 Å². The van der Waals surface area contributed by atoms with Gasteiger partial charge in [0.05, 0.1) is 0 Å². The maximum absolute atomic E-state index is 13.5. The molecule has 1 saturated heterocycles. The lowest BCUT2D eigenvalue weighted by Crippen LogP contribution is -2.28. The molecule has 0 bridgehead atoms. The van der Waals surface area contributed by atoms with E-state index in [1.165, 1.54) is 50.5 Å². The van der Waals surface area contributed by atoms with E-state index in [9.17, 15) is 13.2 Å². The Morgan fingerprint density at radius 1 is 0.767 bits per heavy atom. The van der Waals surface area contributed by atoms with E-state index < -0.39 is 17.5 Å². The van der Waals surface area contributed by atoms with Crippen molar-refractivity contribution in [2.75, 3.05) is 0 Å². The quantitative estimate of drug-likeness (QED) is 0.332. The van der Waals surface area contributed by atoms with Gasteiger partial charge >= 0.3 is 0 Å². The number of rotatable bonds is 5. The summed E-state index contributed by atoms with van der Waals surface area (Å²) in [6.07, 6.45) is 9.54. The molecule has 0 aromatic heterocycles. The molecule has 30 heavy (non-hydrogen) atoms. The van der Waals surface area contributed by atoms with Crippen LogP contribution < -0.4 is 0 Å². The van der Waals surface area contributed by atoms with E-state index in [4.69, 9.17) is 0 Å². The highest BCUT2D eigenvalue weighted by Gasteiger charge is 2.31. The zero-order valence-corrected chi connectivity index (χ0v) is 19.1. The van der Waals surface area contributed by atoms with Crippen LogP contribution in [0.4, 0.5) is 13.2 Å². The maximum Gasteiger partial charge on any atom is 0.194 e. The second-order valence-corrected chi connectivity index (χ2v) is 13.0.